The van der Waals surface area contributed by atoms with E-state index < -0.39 is 0 Å². The lowest BCUT2D eigenvalue weighted by Gasteiger charge is -2.04. The van der Waals surface area contributed by atoms with E-state index in [1.54, 1.807) is 12.5 Å². The van der Waals surface area contributed by atoms with Crippen LogP contribution < -0.4 is 11.1 Å². The Hall–Kier alpha value is -1.58. The van der Waals surface area contributed by atoms with Crippen LogP contribution in [0.4, 0.5) is 0 Å². The van der Waals surface area contributed by atoms with Crippen LogP contribution in [0.2, 0.25) is 0 Å². The summed E-state index contributed by atoms with van der Waals surface area (Å²) in [4.78, 5) is 0. The first-order chi connectivity index (χ1) is 7.88. The number of nitrogens with two attached hydrogens (primary N) is 1. The van der Waals surface area contributed by atoms with Gasteiger partial charge >= 0.3 is 0 Å². The summed E-state index contributed by atoms with van der Waals surface area (Å²) in [7, 11) is 0. The highest BCUT2D eigenvalue weighted by Gasteiger charge is 1.95. The normalized spacial score (nSPS) is 10.6. The molecule has 3 N–H and O–H groups in total. The molecule has 0 amide bonds. The third-order valence-electron chi connectivity index (χ3n) is 2.50. The van der Waals surface area contributed by atoms with E-state index in [0.717, 1.165) is 13.1 Å². The topological polar surface area (TPSA) is 51.2 Å². The van der Waals surface area contributed by atoms with Gasteiger partial charge in [0, 0.05) is 25.2 Å². The van der Waals surface area contributed by atoms with Crippen molar-refractivity contribution in [2.75, 3.05) is 0 Å². The summed E-state index contributed by atoms with van der Waals surface area (Å²) < 4.78 is 4.99. The quantitative estimate of drug-likeness (QED) is 0.804. The van der Waals surface area contributed by atoms with E-state index in [1.165, 1.54) is 16.7 Å². The highest BCUT2D eigenvalue weighted by atomic mass is 16.3. The van der Waals surface area contributed by atoms with Crippen LogP contribution in [0.1, 0.15) is 16.7 Å². The summed E-state index contributed by atoms with van der Waals surface area (Å²) in [6.07, 6.45) is 3.44. The molecule has 3 nitrogen and oxygen atoms in total. The van der Waals surface area contributed by atoms with Gasteiger partial charge in [0.1, 0.15) is 0 Å². The third kappa shape index (κ3) is 2.95. The second kappa shape index (κ2) is 5.49. The highest BCUT2D eigenvalue weighted by molar-refractivity contribution is 5.22. The fraction of sp³-hybridized carbons (Fsp3) is 0.231. The van der Waals surface area contributed by atoms with Crippen molar-refractivity contribution in [3.05, 3.63) is 59.5 Å². The molecule has 0 unspecified atom stereocenters. The average molecular weight is 216 g/mol. The Balaban J connectivity index is 1.81. The molecule has 0 bridgehead atoms. The van der Waals surface area contributed by atoms with Crippen LogP contribution in [0.25, 0.3) is 0 Å². The van der Waals surface area contributed by atoms with Gasteiger partial charge in [-0.25, -0.2) is 0 Å². The second-order valence-corrected chi connectivity index (χ2v) is 3.76. The van der Waals surface area contributed by atoms with Crippen LogP contribution in [-0.2, 0) is 19.6 Å². The van der Waals surface area contributed by atoms with Crippen molar-refractivity contribution in [3.8, 4) is 0 Å². The Bertz CT molecular complexity index is 406. The third-order valence-corrected chi connectivity index (χ3v) is 2.50. The zero-order valence-corrected chi connectivity index (χ0v) is 9.15. The Kier molecular flexibility index (Phi) is 3.75. The molecule has 0 aliphatic rings. The van der Waals surface area contributed by atoms with Gasteiger partial charge in [-0.2, -0.15) is 0 Å². The Morgan fingerprint density at radius 1 is 0.938 bits per heavy atom. The molecule has 0 spiro atoms. The molecule has 2 aromatic rings. The first-order valence-corrected chi connectivity index (χ1v) is 5.38. The molecule has 0 saturated heterocycles. The minimum Gasteiger partial charge on any atom is -0.472 e. The zero-order chi connectivity index (χ0) is 11.2. The Morgan fingerprint density at radius 2 is 1.62 bits per heavy atom. The SMILES string of the molecule is NCc1ccc(CNCc2ccoc2)cc1. The molecule has 1 heterocycles. The highest BCUT2D eigenvalue weighted by Crippen LogP contribution is 2.04. The molecular weight excluding hydrogens is 200 g/mol. The summed E-state index contributed by atoms with van der Waals surface area (Å²) in [5, 5.41) is 3.35. The molecule has 1 aromatic carbocycles. The van der Waals surface area contributed by atoms with Crippen LogP contribution >= 0.6 is 0 Å². The van der Waals surface area contributed by atoms with Gasteiger partial charge in [0.05, 0.1) is 12.5 Å². The minimum absolute atomic E-state index is 0.600. The number of rotatable bonds is 5. The average Bonchev–Trinajstić information content (AvgIpc) is 2.83. The van der Waals surface area contributed by atoms with Gasteiger partial charge in [-0.1, -0.05) is 24.3 Å². The molecule has 84 valence electrons. The minimum atomic E-state index is 0.600. The summed E-state index contributed by atoms with van der Waals surface area (Å²) in [5.74, 6) is 0. The lowest BCUT2D eigenvalue weighted by Crippen LogP contribution is -2.12. The van der Waals surface area contributed by atoms with Gasteiger partial charge in [-0.05, 0) is 17.2 Å². The standard InChI is InChI=1S/C13H16N2O/c14-7-11-1-3-12(4-2-11)8-15-9-13-5-6-16-10-13/h1-6,10,15H,7-9,14H2. The maximum atomic E-state index is 5.54. The predicted octanol–water partition coefficient (Wildman–Crippen LogP) is 2.03. The van der Waals surface area contributed by atoms with Gasteiger partial charge in [0.25, 0.3) is 0 Å². The molecule has 3 heteroatoms. The molecule has 16 heavy (non-hydrogen) atoms. The molecule has 0 aliphatic carbocycles. The van der Waals surface area contributed by atoms with Crippen molar-refractivity contribution in [1.82, 2.24) is 5.32 Å². The second-order valence-electron chi connectivity index (χ2n) is 3.76. The van der Waals surface area contributed by atoms with Crippen LogP contribution in [0, 0.1) is 0 Å². The summed E-state index contributed by atoms with van der Waals surface area (Å²) >= 11 is 0. The number of benzene rings is 1. The lowest BCUT2D eigenvalue weighted by molar-refractivity contribution is 0.560. The first-order valence-electron chi connectivity index (χ1n) is 5.38. The Morgan fingerprint density at radius 3 is 2.25 bits per heavy atom. The number of hydrogen-bond donors (Lipinski definition) is 2. The van der Waals surface area contributed by atoms with E-state index in [0.29, 0.717) is 6.54 Å². The van der Waals surface area contributed by atoms with Crippen molar-refractivity contribution in [2.24, 2.45) is 5.73 Å². The molecule has 0 fully saturated rings. The van der Waals surface area contributed by atoms with E-state index >= 15 is 0 Å². The van der Waals surface area contributed by atoms with E-state index in [9.17, 15) is 0 Å². The van der Waals surface area contributed by atoms with Crippen molar-refractivity contribution in [2.45, 2.75) is 19.6 Å². The predicted molar refractivity (Wildman–Crippen MR) is 63.6 cm³/mol. The number of furan rings is 1. The van der Waals surface area contributed by atoms with E-state index in [4.69, 9.17) is 10.2 Å². The molecule has 0 radical (unpaired) electrons. The van der Waals surface area contributed by atoms with Crippen LogP contribution in [-0.4, -0.2) is 0 Å². The van der Waals surface area contributed by atoms with E-state index in [1.807, 2.05) is 6.07 Å². The van der Waals surface area contributed by atoms with Gasteiger partial charge in [0.15, 0.2) is 0 Å². The van der Waals surface area contributed by atoms with Gasteiger partial charge in [-0.15, -0.1) is 0 Å². The molecule has 0 saturated carbocycles. The van der Waals surface area contributed by atoms with Crippen molar-refractivity contribution in [3.63, 3.8) is 0 Å². The summed E-state index contributed by atoms with van der Waals surface area (Å²) in [6, 6.07) is 10.3. The smallest absolute Gasteiger partial charge is 0.0947 e. The fourth-order valence-electron chi connectivity index (χ4n) is 1.54. The summed E-state index contributed by atoms with van der Waals surface area (Å²) in [5.41, 5.74) is 9.13. The molecule has 0 atom stereocenters. The van der Waals surface area contributed by atoms with Crippen LogP contribution in [0.5, 0.6) is 0 Å². The van der Waals surface area contributed by atoms with Crippen LogP contribution in [0.15, 0.2) is 47.3 Å². The van der Waals surface area contributed by atoms with Crippen molar-refractivity contribution >= 4 is 0 Å². The Labute approximate surface area is 95.3 Å². The summed E-state index contributed by atoms with van der Waals surface area (Å²) in [6.45, 7) is 2.29. The zero-order valence-electron chi connectivity index (χ0n) is 9.15. The number of hydrogen-bond acceptors (Lipinski definition) is 3. The lowest BCUT2D eigenvalue weighted by atomic mass is 10.1. The molecule has 0 aliphatic heterocycles. The maximum Gasteiger partial charge on any atom is 0.0947 e. The maximum absolute atomic E-state index is 5.54. The van der Waals surface area contributed by atoms with E-state index in [2.05, 4.69) is 29.6 Å². The van der Waals surface area contributed by atoms with Gasteiger partial charge in [0.2, 0.25) is 0 Å². The van der Waals surface area contributed by atoms with Crippen LogP contribution in [0.3, 0.4) is 0 Å². The van der Waals surface area contributed by atoms with Gasteiger partial charge in [-0.3, -0.25) is 0 Å². The van der Waals surface area contributed by atoms with Crippen molar-refractivity contribution in [1.29, 1.82) is 0 Å². The largest absolute Gasteiger partial charge is 0.472 e. The first kappa shape index (κ1) is 10.9. The monoisotopic (exact) mass is 216 g/mol. The van der Waals surface area contributed by atoms with E-state index in [-0.39, 0.29) is 0 Å². The molecular formula is C13H16N2O. The molecule has 1 aromatic heterocycles. The van der Waals surface area contributed by atoms with Crippen molar-refractivity contribution < 1.29 is 4.42 Å². The fourth-order valence-corrected chi connectivity index (χ4v) is 1.54. The number of nitrogens with one attached hydrogen (secondary N) is 1. The molecule has 2 rings (SSSR count). The van der Waals surface area contributed by atoms with Gasteiger partial charge < -0.3 is 15.5 Å².